The number of aryl methyl sites for hydroxylation is 1. The number of thioether (sulfide) groups is 1. The zero-order valence-electron chi connectivity index (χ0n) is 17.6. The van der Waals surface area contributed by atoms with Gasteiger partial charge in [0.2, 0.25) is 0 Å². The smallest absolute Gasteiger partial charge is 0.252 e. The number of rotatable bonds is 10. The number of carbonyl (C=O) groups is 1. The molecule has 0 heterocycles. The Bertz CT molecular complexity index is 923. The minimum absolute atomic E-state index is 0.00755. The zero-order valence-corrected chi connectivity index (χ0v) is 18.5. The molecule has 0 atom stereocenters. The number of hydrogen-bond donors (Lipinski definition) is 1. The maximum atomic E-state index is 12.7. The Morgan fingerprint density at radius 1 is 0.900 bits per heavy atom. The largest absolute Gasteiger partial charge is 0.491 e. The van der Waals surface area contributed by atoms with E-state index in [4.69, 9.17) is 4.74 Å². The van der Waals surface area contributed by atoms with Gasteiger partial charge in [-0.3, -0.25) is 4.79 Å². The van der Waals surface area contributed by atoms with Crippen molar-refractivity contribution in [2.45, 2.75) is 43.4 Å². The summed E-state index contributed by atoms with van der Waals surface area (Å²) < 4.78 is 5.68. The molecule has 3 aromatic rings. The monoisotopic (exact) mass is 419 g/mol. The van der Waals surface area contributed by atoms with Crippen LogP contribution in [0.2, 0.25) is 0 Å². The molecule has 0 saturated carbocycles. The van der Waals surface area contributed by atoms with Crippen LogP contribution in [0.3, 0.4) is 0 Å². The second kappa shape index (κ2) is 11.5. The van der Waals surface area contributed by atoms with E-state index in [0.717, 1.165) is 34.8 Å². The van der Waals surface area contributed by atoms with E-state index in [1.165, 1.54) is 11.1 Å². The lowest BCUT2D eigenvalue weighted by atomic mass is 10.1. The standard InChI is InChI=1S/C26H29NO2S/c1-20(2)29-23-16-14-21(15-17-23)11-8-18-27-26(28)24-12-6-7-13-25(24)30-19-22-9-4-3-5-10-22/h3-7,9-10,12-17,20H,8,11,18-19H2,1-2H3,(H,27,28). The summed E-state index contributed by atoms with van der Waals surface area (Å²) in [5.74, 6) is 1.74. The maximum absolute atomic E-state index is 12.7. The van der Waals surface area contributed by atoms with Gasteiger partial charge in [0.25, 0.3) is 5.91 Å². The highest BCUT2D eigenvalue weighted by Gasteiger charge is 2.11. The fourth-order valence-electron chi connectivity index (χ4n) is 3.11. The normalized spacial score (nSPS) is 10.8. The predicted octanol–water partition coefficient (Wildman–Crippen LogP) is 6.13. The fourth-order valence-corrected chi connectivity index (χ4v) is 4.12. The number of hydrogen-bond acceptors (Lipinski definition) is 3. The molecule has 0 fully saturated rings. The highest BCUT2D eigenvalue weighted by Crippen LogP contribution is 2.26. The number of nitrogens with one attached hydrogen (secondary N) is 1. The fraction of sp³-hybridized carbons (Fsp3) is 0.269. The van der Waals surface area contributed by atoms with Crippen molar-refractivity contribution < 1.29 is 9.53 Å². The second-order valence-corrected chi connectivity index (χ2v) is 8.46. The molecule has 1 N–H and O–H groups in total. The van der Waals surface area contributed by atoms with Gasteiger partial charge in [0, 0.05) is 17.2 Å². The van der Waals surface area contributed by atoms with E-state index >= 15 is 0 Å². The number of amides is 1. The molecule has 0 aliphatic carbocycles. The van der Waals surface area contributed by atoms with Crippen molar-refractivity contribution in [2.75, 3.05) is 6.54 Å². The van der Waals surface area contributed by atoms with Crippen molar-refractivity contribution in [3.8, 4) is 5.75 Å². The van der Waals surface area contributed by atoms with Gasteiger partial charge in [0.05, 0.1) is 11.7 Å². The van der Waals surface area contributed by atoms with Gasteiger partial charge >= 0.3 is 0 Å². The molecule has 0 radical (unpaired) electrons. The molecule has 30 heavy (non-hydrogen) atoms. The number of benzene rings is 3. The Balaban J connectivity index is 1.47. The van der Waals surface area contributed by atoms with Crippen molar-refractivity contribution in [1.29, 1.82) is 0 Å². The Kier molecular flexibility index (Phi) is 8.40. The molecule has 0 bridgehead atoms. The summed E-state index contributed by atoms with van der Waals surface area (Å²) in [6.45, 7) is 4.70. The first-order chi connectivity index (χ1) is 14.6. The molecule has 156 valence electrons. The molecule has 0 aliphatic rings. The first kappa shape index (κ1) is 22.0. The van der Waals surface area contributed by atoms with Crippen LogP contribution in [0, 0.1) is 0 Å². The van der Waals surface area contributed by atoms with Crippen LogP contribution in [0.5, 0.6) is 5.75 Å². The summed E-state index contributed by atoms with van der Waals surface area (Å²) >= 11 is 1.70. The van der Waals surface area contributed by atoms with E-state index in [-0.39, 0.29) is 12.0 Å². The molecule has 0 aliphatic heterocycles. The average Bonchev–Trinajstić information content (AvgIpc) is 2.77. The summed E-state index contributed by atoms with van der Waals surface area (Å²) in [7, 11) is 0. The average molecular weight is 420 g/mol. The van der Waals surface area contributed by atoms with Crippen molar-refractivity contribution in [2.24, 2.45) is 0 Å². The van der Waals surface area contributed by atoms with Crippen molar-refractivity contribution >= 4 is 17.7 Å². The molecule has 1 amide bonds. The van der Waals surface area contributed by atoms with Gasteiger partial charge in [-0.25, -0.2) is 0 Å². The van der Waals surface area contributed by atoms with Crippen LogP contribution in [0.4, 0.5) is 0 Å². The summed E-state index contributed by atoms with van der Waals surface area (Å²) in [6, 6.07) is 26.3. The molecule has 0 saturated heterocycles. The molecule has 3 rings (SSSR count). The molecule has 0 aromatic heterocycles. The number of carbonyl (C=O) groups excluding carboxylic acids is 1. The van der Waals surface area contributed by atoms with Gasteiger partial charge in [-0.2, -0.15) is 0 Å². The molecule has 0 unspecified atom stereocenters. The molecule has 0 spiro atoms. The van der Waals surface area contributed by atoms with Crippen molar-refractivity contribution in [1.82, 2.24) is 5.32 Å². The summed E-state index contributed by atoms with van der Waals surface area (Å²) in [5, 5.41) is 3.07. The first-order valence-corrected chi connectivity index (χ1v) is 11.4. The third kappa shape index (κ3) is 6.96. The van der Waals surface area contributed by atoms with Gasteiger partial charge < -0.3 is 10.1 Å². The lowest BCUT2D eigenvalue weighted by Gasteiger charge is -2.11. The van der Waals surface area contributed by atoms with Crippen molar-refractivity contribution in [3.05, 3.63) is 95.6 Å². The van der Waals surface area contributed by atoms with Gasteiger partial charge in [-0.1, -0.05) is 54.6 Å². The third-order valence-electron chi connectivity index (χ3n) is 4.59. The van der Waals surface area contributed by atoms with Crippen LogP contribution in [-0.4, -0.2) is 18.6 Å². The third-order valence-corrected chi connectivity index (χ3v) is 5.74. The van der Waals surface area contributed by atoms with E-state index in [9.17, 15) is 4.79 Å². The quantitative estimate of drug-likeness (QED) is 0.317. The minimum Gasteiger partial charge on any atom is -0.491 e. The van der Waals surface area contributed by atoms with E-state index in [1.54, 1.807) is 11.8 Å². The van der Waals surface area contributed by atoms with E-state index in [0.29, 0.717) is 6.54 Å². The van der Waals surface area contributed by atoms with Crippen LogP contribution in [0.25, 0.3) is 0 Å². The topological polar surface area (TPSA) is 38.3 Å². The van der Waals surface area contributed by atoms with Crippen LogP contribution < -0.4 is 10.1 Å². The molecular weight excluding hydrogens is 390 g/mol. The van der Waals surface area contributed by atoms with E-state index in [2.05, 4.69) is 29.6 Å². The summed E-state index contributed by atoms with van der Waals surface area (Å²) in [6.07, 6.45) is 2.00. The van der Waals surface area contributed by atoms with Gasteiger partial charge in [-0.05, 0) is 62.1 Å². The lowest BCUT2D eigenvalue weighted by molar-refractivity contribution is 0.0950. The molecule has 3 nitrogen and oxygen atoms in total. The van der Waals surface area contributed by atoms with Gasteiger partial charge in [-0.15, -0.1) is 11.8 Å². The van der Waals surface area contributed by atoms with Gasteiger partial charge in [0.1, 0.15) is 5.75 Å². The minimum atomic E-state index is -0.00755. The first-order valence-electron chi connectivity index (χ1n) is 10.4. The maximum Gasteiger partial charge on any atom is 0.252 e. The predicted molar refractivity (Wildman–Crippen MR) is 125 cm³/mol. The van der Waals surface area contributed by atoms with E-state index < -0.39 is 0 Å². The molecule has 4 heteroatoms. The Morgan fingerprint density at radius 3 is 2.33 bits per heavy atom. The van der Waals surface area contributed by atoms with Crippen LogP contribution >= 0.6 is 11.8 Å². The SMILES string of the molecule is CC(C)Oc1ccc(CCCNC(=O)c2ccccc2SCc2ccccc2)cc1. The van der Waals surface area contributed by atoms with E-state index in [1.807, 2.05) is 68.4 Å². The van der Waals surface area contributed by atoms with Gasteiger partial charge in [0.15, 0.2) is 0 Å². The zero-order chi connectivity index (χ0) is 21.2. The molecule has 3 aromatic carbocycles. The molecular formula is C26H29NO2S. The van der Waals surface area contributed by atoms with Crippen LogP contribution in [-0.2, 0) is 12.2 Å². The second-order valence-electron chi connectivity index (χ2n) is 7.44. The highest BCUT2D eigenvalue weighted by molar-refractivity contribution is 7.98. The summed E-state index contributed by atoms with van der Waals surface area (Å²) in [4.78, 5) is 13.7. The van der Waals surface area contributed by atoms with Crippen LogP contribution in [0.15, 0.2) is 83.8 Å². The Morgan fingerprint density at radius 2 is 1.60 bits per heavy atom. The Labute approximate surface area is 183 Å². The van der Waals surface area contributed by atoms with Crippen LogP contribution in [0.1, 0.15) is 41.8 Å². The lowest BCUT2D eigenvalue weighted by Crippen LogP contribution is -2.25. The number of ether oxygens (including phenoxy) is 1. The highest BCUT2D eigenvalue weighted by atomic mass is 32.2. The Hall–Kier alpha value is -2.72. The summed E-state index contributed by atoms with van der Waals surface area (Å²) in [5.41, 5.74) is 3.25. The van der Waals surface area contributed by atoms with Crippen molar-refractivity contribution in [3.63, 3.8) is 0 Å².